The lowest BCUT2D eigenvalue weighted by Gasteiger charge is -2.34. The van der Waals surface area contributed by atoms with Crippen molar-refractivity contribution in [3.63, 3.8) is 0 Å². The van der Waals surface area contributed by atoms with Crippen molar-refractivity contribution in [1.29, 1.82) is 0 Å². The van der Waals surface area contributed by atoms with Crippen LogP contribution in [0.15, 0.2) is 17.2 Å². The molecule has 0 saturated heterocycles. The molecule has 1 aromatic rings. The molecule has 6 heteroatoms. The minimum Gasteiger partial charge on any atom is -0.363 e. The summed E-state index contributed by atoms with van der Waals surface area (Å²) in [6.07, 6.45) is 1.49. The maximum absolute atomic E-state index is 12.4. The fourth-order valence-electron chi connectivity index (χ4n) is 1.61. The highest BCUT2D eigenvalue weighted by Gasteiger charge is 2.32. The second kappa shape index (κ2) is 5.03. The molecule has 0 spiro atoms. The first-order valence-electron chi connectivity index (χ1n) is 5.96. The third-order valence-corrected chi connectivity index (χ3v) is 5.32. The summed E-state index contributed by atoms with van der Waals surface area (Å²) in [5, 5.41) is 0. The van der Waals surface area contributed by atoms with Crippen molar-refractivity contribution in [1.82, 2.24) is 9.29 Å². The van der Waals surface area contributed by atoms with Crippen LogP contribution in [0, 0.1) is 5.41 Å². The molecule has 104 valence electrons. The van der Waals surface area contributed by atoms with Crippen LogP contribution in [0.1, 0.15) is 33.4 Å². The molecule has 0 aromatic carbocycles. The quantitative estimate of drug-likeness (QED) is 0.873. The number of aromatic nitrogens is 1. The third kappa shape index (κ3) is 2.93. The van der Waals surface area contributed by atoms with E-state index in [-0.39, 0.29) is 16.4 Å². The van der Waals surface area contributed by atoms with Crippen molar-refractivity contribution in [2.75, 3.05) is 7.05 Å². The Bertz CT molecular complexity index is 500. The molecule has 1 unspecified atom stereocenters. The van der Waals surface area contributed by atoms with Gasteiger partial charge in [0.2, 0.25) is 10.0 Å². The molecule has 1 atom stereocenters. The molecule has 1 aromatic heterocycles. The Kier molecular flexibility index (Phi) is 4.25. The first kappa shape index (κ1) is 15.2. The van der Waals surface area contributed by atoms with Gasteiger partial charge in [-0.25, -0.2) is 8.42 Å². The van der Waals surface area contributed by atoms with Gasteiger partial charge in [-0.3, -0.25) is 0 Å². The molecular weight excluding hydrogens is 250 g/mol. The van der Waals surface area contributed by atoms with Crippen LogP contribution in [-0.2, 0) is 16.6 Å². The Balaban J connectivity index is 3.07. The van der Waals surface area contributed by atoms with Crippen LogP contribution in [0.2, 0.25) is 0 Å². The molecule has 3 N–H and O–H groups in total. The average Bonchev–Trinajstić information content (AvgIpc) is 2.74. The van der Waals surface area contributed by atoms with Gasteiger partial charge in [-0.2, -0.15) is 4.31 Å². The van der Waals surface area contributed by atoms with Crippen molar-refractivity contribution in [3.05, 3.63) is 18.0 Å². The summed E-state index contributed by atoms with van der Waals surface area (Å²) in [5.41, 5.74) is 6.07. The summed E-state index contributed by atoms with van der Waals surface area (Å²) in [4.78, 5) is 3.13. The highest BCUT2D eigenvalue weighted by atomic mass is 32.2. The van der Waals surface area contributed by atoms with E-state index in [1.807, 2.05) is 27.7 Å². The minimum atomic E-state index is -3.46. The standard InChI is InChI=1S/C12H23N3O2S/c1-9(12(2,3)4)15(5)18(16,17)11-6-10(7-13)14-8-11/h6,8-9,14H,7,13H2,1-5H3. The zero-order valence-electron chi connectivity index (χ0n) is 11.7. The molecule has 5 nitrogen and oxygen atoms in total. The summed E-state index contributed by atoms with van der Waals surface area (Å²) in [7, 11) is -1.85. The van der Waals surface area contributed by atoms with Crippen LogP contribution in [0.25, 0.3) is 0 Å². The zero-order valence-corrected chi connectivity index (χ0v) is 12.5. The van der Waals surface area contributed by atoms with E-state index in [2.05, 4.69) is 4.98 Å². The maximum Gasteiger partial charge on any atom is 0.244 e. The molecule has 18 heavy (non-hydrogen) atoms. The predicted octanol–water partition coefficient (Wildman–Crippen LogP) is 1.53. The number of nitrogens with zero attached hydrogens (tertiary/aromatic N) is 1. The fourth-order valence-corrected chi connectivity index (χ4v) is 3.17. The molecule has 0 aliphatic heterocycles. The molecule has 0 saturated carbocycles. The molecular formula is C12H23N3O2S. The predicted molar refractivity (Wildman–Crippen MR) is 72.5 cm³/mol. The maximum atomic E-state index is 12.4. The topological polar surface area (TPSA) is 79.2 Å². The van der Waals surface area contributed by atoms with Crippen molar-refractivity contribution in [2.24, 2.45) is 11.1 Å². The second-order valence-corrected chi connectivity index (χ2v) is 7.63. The molecule has 0 aliphatic rings. The van der Waals surface area contributed by atoms with Crippen molar-refractivity contribution in [3.8, 4) is 0 Å². The van der Waals surface area contributed by atoms with E-state index in [1.165, 1.54) is 10.5 Å². The lowest BCUT2D eigenvalue weighted by atomic mass is 9.88. The normalized spacial score (nSPS) is 15.1. The van der Waals surface area contributed by atoms with Gasteiger partial charge in [0.15, 0.2) is 0 Å². The molecule has 0 bridgehead atoms. The van der Waals surface area contributed by atoms with Gasteiger partial charge in [0, 0.05) is 31.5 Å². The lowest BCUT2D eigenvalue weighted by molar-refractivity contribution is 0.216. The van der Waals surface area contributed by atoms with Gasteiger partial charge in [-0.05, 0) is 18.4 Å². The van der Waals surface area contributed by atoms with Crippen LogP contribution >= 0.6 is 0 Å². The van der Waals surface area contributed by atoms with Crippen molar-refractivity contribution >= 4 is 10.0 Å². The summed E-state index contributed by atoms with van der Waals surface area (Å²) in [6, 6.07) is 1.49. The SMILES string of the molecule is CC(N(C)S(=O)(=O)c1c[nH]c(CN)c1)C(C)(C)C. The Labute approximate surface area is 109 Å². The lowest BCUT2D eigenvalue weighted by Crippen LogP contribution is -2.42. The molecule has 1 heterocycles. The highest BCUT2D eigenvalue weighted by molar-refractivity contribution is 7.89. The van der Waals surface area contributed by atoms with E-state index in [0.29, 0.717) is 12.2 Å². The van der Waals surface area contributed by atoms with Gasteiger partial charge in [0.05, 0.1) is 4.90 Å². The second-order valence-electron chi connectivity index (χ2n) is 5.63. The van der Waals surface area contributed by atoms with Crippen molar-refractivity contribution in [2.45, 2.75) is 45.2 Å². The van der Waals surface area contributed by atoms with E-state index in [1.54, 1.807) is 13.1 Å². The fraction of sp³-hybridized carbons (Fsp3) is 0.667. The average molecular weight is 273 g/mol. The largest absolute Gasteiger partial charge is 0.363 e. The minimum absolute atomic E-state index is 0.0984. The number of hydrogen-bond donors (Lipinski definition) is 2. The molecule has 0 radical (unpaired) electrons. The summed E-state index contributed by atoms with van der Waals surface area (Å²) >= 11 is 0. The highest BCUT2D eigenvalue weighted by Crippen LogP contribution is 2.27. The van der Waals surface area contributed by atoms with Crippen LogP contribution < -0.4 is 5.73 Å². The smallest absolute Gasteiger partial charge is 0.244 e. The Morgan fingerprint density at radius 2 is 2.00 bits per heavy atom. The van der Waals surface area contributed by atoms with Crippen LogP contribution in [0.5, 0.6) is 0 Å². The number of rotatable bonds is 4. The van der Waals surface area contributed by atoms with Crippen LogP contribution in [0.4, 0.5) is 0 Å². The first-order chi connectivity index (χ1) is 8.10. The number of nitrogens with two attached hydrogens (primary N) is 1. The number of nitrogens with one attached hydrogen (secondary N) is 1. The Morgan fingerprint density at radius 1 is 1.44 bits per heavy atom. The van der Waals surface area contributed by atoms with E-state index in [4.69, 9.17) is 5.73 Å². The van der Waals surface area contributed by atoms with E-state index in [0.717, 1.165) is 0 Å². The summed E-state index contributed by atoms with van der Waals surface area (Å²) in [5.74, 6) is 0. The molecule has 0 fully saturated rings. The van der Waals surface area contributed by atoms with Gasteiger partial charge in [0.1, 0.15) is 0 Å². The monoisotopic (exact) mass is 273 g/mol. The number of aromatic amines is 1. The molecule has 0 amide bonds. The van der Waals surface area contributed by atoms with Gasteiger partial charge in [-0.15, -0.1) is 0 Å². The summed E-state index contributed by atoms with van der Waals surface area (Å²) in [6.45, 7) is 8.27. The number of H-pyrrole nitrogens is 1. The number of sulfonamides is 1. The van der Waals surface area contributed by atoms with Crippen LogP contribution in [-0.4, -0.2) is 30.8 Å². The zero-order chi connectivity index (χ0) is 14.1. The third-order valence-electron chi connectivity index (χ3n) is 3.41. The molecule has 0 aliphatic carbocycles. The van der Waals surface area contributed by atoms with E-state index < -0.39 is 10.0 Å². The summed E-state index contributed by atoms with van der Waals surface area (Å²) < 4.78 is 26.2. The van der Waals surface area contributed by atoms with Gasteiger partial charge in [-0.1, -0.05) is 20.8 Å². The number of hydrogen-bond acceptors (Lipinski definition) is 3. The molecule has 1 rings (SSSR count). The van der Waals surface area contributed by atoms with Crippen LogP contribution in [0.3, 0.4) is 0 Å². The van der Waals surface area contributed by atoms with E-state index >= 15 is 0 Å². The van der Waals surface area contributed by atoms with Gasteiger partial charge < -0.3 is 10.7 Å². The van der Waals surface area contributed by atoms with E-state index in [9.17, 15) is 8.42 Å². The van der Waals surface area contributed by atoms with Gasteiger partial charge >= 0.3 is 0 Å². The Morgan fingerprint density at radius 3 is 2.39 bits per heavy atom. The Hall–Kier alpha value is -0.850. The van der Waals surface area contributed by atoms with Crippen molar-refractivity contribution < 1.29 is 8.42 Å². The van der Waals surface area contributed by atoms with Gasteiger partial charge in [0.25, 0.3) is 0 Å². The first-order valence-corrected chi connectivity index (χ1v) is 7.40.